The number of hydrogen-bond acceptors (Lipinski definition) is 1. The van der Waals surface area contributed by atoms with Crippen molar-refractivity contribution in [1.29, 1.82) is 0 Å². The van der Waals surface area contributed by atoms with Gasteiger partial charge in [0.05, 0.1) is 0 Å². The molecule has 0 saturated carbocycles. The molecule has 2 aromatic carbocycles. The second-order valence-electron chi connectivity index (χ2n) is 6.04. The van der Waals surface area contributed by atoms with Gasteiger partial charge < -0.3 is 5.32 Å². The number of rotatable bonds is 3. The molecule has 110 valence electrons. The van der Waals surface area contributed by atoms with Crippen LogP contribution in [0, 0.1) is 18.7 Å². The summed E-state index contributed by atoms with van der Waals surface area (Å²) in [5.41, 5.74) is 5.21. The standard InChI is InChI=1S/C19H22FN/c1-13-11-17(20)9-10-18(13)19(21-2)16-8-7-14-5-3-4-6-15(14)12-16/h3-6,9-11,16,19,21H,7-8,12H2,1-2H3. The van der Waals surface area contributed by atoms with Crippen LogP contribution in [-0.2, 0) is 12.8 Å². The van der Waals surface area contributed by atoms with Crippen molar-refractivity contribution in [3.05, 3.63) is 70.5 Å². The van der Waals surface area contributed by atoms with Crippen LogP contribution in [0.4, 0.5) is 4.39 Å². The minimum Gasteiger partial charge on any atom is -0.313 e. The van der Waals surface area contributed by atoms with Crippen molar-refractivity contribution in [1.82, 2.24) is 5.32 Å². The maximum Gasteiger partial charge on any atom is 0.123 e. The van der Waals surface area contributed by atoms with Gasteiger partial charge in [0.25, 0.3) is 0 Å². The molecule has 2 atom stereocenters. The molecule has 0 amide bonds. The average molecular weight is 283 g/mol. The highest BCUT2D eigenvalue weighted by molar-refractivity contribution is 5.34. The number of hydrogen-bond donors (Lipinski definition) is 1. The zero-order valence-electron chi connectivity index (χ0n) is 12.7. The molecule has 0 bridgehead atoms. The minimum atomic E-state index is -0.153. The maximum atomic E-state index is 13.3. The van der Waals surface area contributed by atoms with Gasteiger partial charge in [-0.15, -0.1) is 0 Å². The molecule has 3 rings (SSSR count). The predicted octanol–water partition coefficient (Wildman–Crippen LogP) is 4.20. The molecule has 21 heavy (non-hydrogen) atoms. The Balaban J connectivity index is 1.88. The Morgan fingerprint density at radius 2 is 1.90 bits per heavy atom. The molecule has 1 aliphatic carbocycles. The summed E-state index contributed by atoms with van der Waals surface area (Å²) in [6.07, 6.45) is 3.41. The van der Waals surface area contributed by atoms with E-state index in [1.165, 1.54) is 23.1 Å². The summed E-state index contributed by atoms with van der Waals surface area (Å²) in [7, 11) is 2.01. The van der Waals surface area contributed by atoms with E-state index in [4.69, 9.17) is 0 Å². The van der Waals surface area contributed by atoms with Crippen LogP contribution < -0.4 is 5.32 Å². The van der Waals surface area contributed by atoms with E-state index in [1.54, 1.807) is 12.1 Å². The van der Waals surface area contributed by atoms with Crippen LogP contribution in [0.3, 0.4) is 0 Å². The minimum absolute atomic E-state index is 0.153. The number of nitrogens with one attached hydrogen (secondary N) is 1. The Morgan fingerprint density at radius 1 is 1.14 bits per heavy atom. The number of aryl methyl sites for hydroxylation is 2. The summed E-state index contributed by atoms with van der Waals surface area (Å²) in [5, 5.41) is 3.46. The molecule has 2 unspecified atom stereocenters. The first kappa shape index (κ1) is 14.3. The molecule has 0 saturated heterocycles. The van der Waals surface area contributed by atoms with Crippen molar-refractivity contribution in [2.45, 2.75) is 32.2 Å². The van der Waals surface area contributed by atoms with E-state index in [0.29, 0.717) is 12.0 Å². The fraction of sp³-hybridized carbons (Fsp3) is 0.368. The van der Waals surface area contributed by atoms with Gasteiger partial charge >= 0.3 is 0 Å². The van der Waals surface area contributed by atoms with Gasteiger partial charge in [0.15, 0.2) is 0 Å². The van der Waals surface area contributed by atoms with Gasteiger partial charge in [0, 0.05) is 6.04 Å². The van der Waals surface area contributed by atoms with Gasteiger partial charge in [-0.25, -0.2) is 4.39 Å². The maximum absolute atomic E-state index is 13.3. The topological polar surface area (TPSA) is 12.0 Å². The highest BCUT2D eigenvalue weighted by atomic mass is 19.1. The third-order valence-electron chi connectivity index (χ3n) is 4.73. The second-order valence-corrected chi connectivity index (χ2v) is 6.04. The molecule has 0 heterocycles. The van der Waals surface area contributed by atoms with E-state index in [1.807, 2.05) is 20.0 Å². The first-order valence-corrected chi connectivity index (χ1v) is 7.69. The van der Waals surface area contributed by atoms with Crippen LogP contribution >= 0.6 is 0 Å². The van der Waals surface area contributed by atoms with Crippen molar-refractivity contribution >= 4 is 0 Å². The Kier molecular flexibility index (Phi) is 4.07. The van der Waals surface area contributed by atoms with Crippen molar-refractivity contribution in [3.63, 3.8) is 0 Å². The first-order chi connectivity index (χ1) is 10.2. The monoisotopic (exact) mass is 283 g/mol. The summed E-state index contributed by atoms with van der Waals surface area (Å²) in [4.78, 5) is 0. The molecule has 0 aromatic heterocycles. The van der Waals surface area contributed by atoms with Crippen molar-refractivity contribution in [2.24, 2.45) is 5.92 Å². The largest absolute Gasteiger partial charge is 0.313 e. The van der Waals surface area contributed by atoms with Gasteiger partial charge in [0.2, 0.25) is 0 Å². The third-order valence-corrected chi connectivity index (χ3v) is 4.73. The molecule has 2 aromatic rings. The molecule has 0 fully saturated rings. The summed E-state index contributed by atoms with van der Waals surface area (Å²) in [6.45, 7) is 2.00. The molecule has 1 nitrogen and oxygen atoms in total. The van der Waals surface area contributed by atoms with Gasteiger partial charge in [-0.05, 0) is 73.5 Å². The molecule has 1 aliphatic rings. The lowest BCUT2D eigenvalue weighted by Crippen LogP contribution is -2.30. The highest BCUT2D eigenvalue weighted by Crippen LogP contribution is 2.35. The van der Waals surface area contributed by atoms with Crippen molar-refractivity contribution < 1.29 is 4.39 Å². The third kappa shape index (κ3) is 2.86. The van der Waals surface area contributed by atoms with E-state index < -0.39 is 0 Å². The zero-order chi connectivity index (χ0) is 14.8. The fourth-order valence-electron chi connectivity index (χ4n) is 3.64. The highest BCUT2D eigenvalue weighted by Gasteiger charge is 2.27. The lowest BCUT2D eigenvalue weighted by Gasteiger charge is -2.32. The molecular formula is C19H22FN. The predicted molar refractivity (Wildman–Crippen MR) is 84.9 cm³/mol. The summed E-state index contributed by atoms with van der Waals surface area (Å²) in [6, 6.07) is 14.2. The lowest BCUT2D eigenvalue weighted by molar-refractivity contribution is 0.341. The zero-order valence-corrected chi connectivity index (χ0v) is 12.7. The molecule has 2 heteroatoms. The lowest BCUT2D eigenvalue weighted by atomic mass is 9.77. The van der Waals surface area contributed by atoms with Gasteiger partial charge in [-0.2, -0.15) is 0 Å². The Bertz CT molecular complexity index is 635. The summed E-state index contributed by atoms with van der Waals surface area (Å²) < 4.78 is 13.3. The fourth-order valence-corrected chi connectivity index (χ4v) is 3.64. The molecular weight excluding hydrogens is 261 g/mol. The molecule has 0 radical (unpaired) electrons. The van der Waals surface area contributed by atoms with E-state index in [-0.39, 0.29) is 5.82 Å². The Hall–Kier alpha value is -1.67. The second kappa shape index (κ2) is 5.98. The van der Waals surface area contributed by atoms with Crippen molar-refractivity contribution in [3.8, 4) is 0 Å². The van der Waals surface area contributed by atoms with Crippen LogP contribution in [0.2, 0.25) is 0 Å². The van der Waals surface area contributed by atoms with Crippen LogP contribution in [0.15, 0.2) is 42.5 Å². The van der Waals surface area contributed by atoms with Crippen LogP contribution in [0.25, 0.3) is 0 Å². The van der Waals surface area contributed by atoms with Crippen LogP contribution in [0.1, 0.15) is 34.7 Å². The molecule has 0 spiro atoms. The smallest absolute Gasteiger partial charge is 0.123 e. The van der Waals surface area contributed by atoms with E-state index in [0.717, 1.165) is 18.4 Å². The number of fused-ring (bicyclic) bond motifs is 1. The van der Waals surface area contributed by atoms with Crippen molar-refractivity contribution in [2.75, 3.05) is 7.05 Å². The normalized spacial score (nSPS) is 19.1. The quantitative estimate of drug-likeness (QED) is 0.890. The summed E-state index contributed by atoms with van der Waals surface area (Å²) >= 11 is 0. The average Bonchev–Trinajstić information content (AvgIpc) is 2.50. The van der Waals surface area contributed by atoms with Gasteiger partial charge in [-0.3, -0.25) is 0 Å². The summed E-state index contributed by atoms with van der Waals surface area (Å²) in [5.74, 6) is 0.411. The van der Waals surface area contributed by atoms with Gasteiger partial charge in [-0.1, -0.05) is 30.3 Å². The number of halogens is 1. The van der Waals surface area contributed by atoms with E-state index in [2.05, 4.69) is 29.6 Å². The number of benzene rings is 2. The molecule has 1 N–H and O–H groups in total. The molecule has 0 aliphatic heterocycles. The van der Waals surface area contributed by atoms with Gasteiger partial charge in [0.1, 0.15) is 5.82 Å². The van der Waals surface area contributed by atoms with E-state index in [9.17, 15) is 4.39 Å². The first-order valence-electron chi connectivity index (χ1n) is 7.69. The Morgan fingerprint density at radius 3 is 2.62 bits per heavy atom. The van der Waals surface area contributed by atoms with Crippen LogP contribution in [-0.4, -0.2) is 7.05 Å². The SMILES string of the molecule is CNC(c1ccc(F)cc1C)C1CCc2ccccc2C1. The van der Waals surface area contributed by atoms with E-state index >= 15 is 0 Å². The Labute approximate surface area is 126 Å². The van der Waals surface area contributed by atoms with Crippen LogP contribution in [0.5, 0.6) is 0 Å².